The number of rotatable bonds is 8. The number of hydrogen-bond donors (Lipinski definition) is 1. The standard InChI is InChI=1S/C25H38N4O3/c1-5-27(6-2)13-7-14-29-23(30)21-16-22-20(12-15-32-22)28(21)17-25(29,4)24(31)26-19-10-8-18(3)9-11-19/h12,15-16,18-19H,5-11,13-14,17H2,1-4H3,(H,26,31). The maximum atomic E-state index is 13.7. The molecule has 0 aromatic carbocycles. The minimum Gasteiger partial charge on any atom is -0.463 e. The Morgan fingerprint density at radius 1 is 1.25 bits per heavy atom. The summed E-state index contributed by atoms with van der Waals surface area (Å²) in [5, 5.41) is 3.31. The Balaban J connectivity index is 1.59. The predicted molar refractivity (Wildman–Crippen MR) is 126 cm³/mol. The fourth-order valence-corrected chi connectivity index (χ4v) is 5.36. The quantitative estimate of drug-likeness (QED) is 0.674. The summed E-state index contributed by atoms with van der Waals surface area (Å²) in [5.74, 6) is 0.602. The summed E-state index contributed by atoms with van der Waals surface area (Å²) in [6, 6.07) is 3.89. The average Bonchev–Trinajstić information content (AvgIpc) is 3.37. The molecule has 2 aliphatic rings. The second-order valence-electron chi connectivity index (χ2n) is 9.83. The molecule has 1 N–H and O–H groups in total. The van der Waals surface area contributed by atoms with E-state index in [-0.39, 0.29) is 17.9 Å². The molecule has 2 aromatic rings. The van der Waals surface area contributed by atoms with Crippen LogP contribution >= 0.6 is 0 Å². The Morgan fingerprint density at radius 3 is 2.66 bits per heavy atom. The van der Waals surface area contributed by atoms with Crippen LogP contribution in [0.2, 0.25) is 0 Å². The van der Waals surface area contributed by atoms with Crippen molar-refractivity contribution in [1.82, 2.24) is 19.7 Å². The van der Waals surface area contributed by atoms with Crippen LogP contribution in [0.1, 0.15) is 70.3 Å². The molecule has 0 radical (unpaired) electrons. The SMILES string of the molecule is CCN(CC)CCCN1C(=O)c2cc3occc3n2CC1(C)C(=O)NC1CCC(C)CC1. The van der Waals surface area contributed by atoms with E-state index >= 15 is 0 Å². The third kappa shape index (κ3) is 4.19. The number of carbonyl (C=O) groups excluding carboxylic acids is 2. The van der Waals surface area contributed by atoms with Gasteiger partial charge in [-0.05, 0) is 64.6 Å². The number of carbonyl (C=O) groups is 2. The van der Waals surface area contributed by atoms with Crippen molar-refractivity contribution in [2.24, 2.45) is 5.92 Å². The second-order valence-corrected chi connectivity index (χ2v) is 9.83. The summed E-state index contributed by atoms with van der Waals surface area (Å²) in [6.07, 6.45) is 6.80. The largest absolute Gasteiger partial charge is 0.463 e. The predicted octanol–water partition coefficient (Wildman–Crippen LogP) is 3.88. The summed E-state index contributed by atoms with van der Waals surface area (Å²) in [5.41, 5.74) is 1.25. The third-order valence-electron chi connectivity index (χ3n) is 7.64. The normalized spacial score (nSPS) is 26.0. The first kappa shape index (κ1) is 22.9. The van der Waals surface area contributed by atoms with Crippen molar-refractivity contribution >= 4 is 22.9 Å². The van der Waals surface area contributed by atoms with Crippen LogP contribution in [-0.2, 0) is 11.3 Å². The molecule has 2 aromatic heterocycles. The zero-order valence-corrected chi connectivity index (χ0v) is 20.0. The maximum absolute atomic E-state index is 13.7. The zero-order valence-electron chi connectivity index (χ0n) is 20.0. The van der Waals surface area contributed by atoms with Crippen LogP contribution in [0.5, 0.6) is 0 Å². The molecule has 1 aliphatic heterocycles. The number of amides is 2. The molecule has 0 bridgehead atoms. The highest BCUT2D eigenvalue weighted by Gasteiger charge is 2.48. The molecule has 1 fully saturated rings. The van der Waals surface area contributed by atoms with Gasteiger partial charge in [0.05, 0.1) is 18.3 Å². The number of hydrogen-bond acceptors (Lipinski definition) is 4. The van der Waals surface area contributed by atoms with Crippen LogP contribution in [0.15, 0.2) is 22.8 Å². The van der Waals surface area contributed by atoms with Crippen LogP contribution in [0.25, 0.3) is 11.1 Å². The molecule has 1 atom stereocenters. The molecule has 176 valence electrons. The third-order valence-corrected chi connectivity index (χ3v) is 7.64. The van der Waals surface area contributed by atoms with Gasteiger partial charge in [-0.25, -0.2) is 0 Å². The van der Waals surface area contributed by atoms with Gasteiger partial charge in [0.1, 0.15) is 11.2 Å². The fourth-order valence-electron chi connectivity index (χ4n) is 5.36. The number of nitrogens with one attached hydrogen (secondary N) is 1. The summed E-state index contributed by atoms with van der Waals surface area (Å²) in [6.45, 7) is 12.4. The molecule has 7 heteroatoms. The smallest absolute Gasteiger partial charge is 0.271 e. The maximum Gasteiger partial charge on any atom is 0.271 e. The van der Waals surface area contributed by atoms with E-state index in [0.717, 1.165) is 63.2 Å². The first-order chi connectivity index (χ1) is 15.4. The molecule has 1 aliphatic carbocycles. The summed E-state index contributed by atoms with van der Waals surface area (Å²) >= 11 is 0. The first-order valence-electron chi connectivity index (χ1n) is 12.3. The van der Waals surface area contributed by atoms with Gasteiger partial charge in [0.2, 0.25) is 5.91 Å². The first-order valence-corrected chi connectivity index (χ1v) is 12.3. The summed E-state index contributed by atoms with van der Waals surface area (Å²) < 4.78 is 7.52. The van der Waals surface area contributed by atoms with Crippen molar-refractivity contribution in [3.05, 3.63) is 24.1 Å². The number of furan rings is 1. The van der Waals surface area contributed by atoms with E-state index in [1.807, 2.05) is 28.5 Å². The van der Waals surface area contributed by atoms with E-state index in [0.29, 0.717) is 24.4 Å². The van der Waals surface area contributed by atoms with Gasteiger partial charge in [-0.1, -0.05) is 20.8 Å². The Kier molecular flexibility index (Phi) is 6.65. The van der Waals surface area contributed by atoms with Gasteiger partial charge in [-0.3, -0.25) is 9.59 Å². The van der Waals surface area contributed by atoms with Crippen molar-refractivity contribution < 1.29 is 14.0 Å². The molecule has 2 amide bonds. The van der Waals surface area contributed by atoms with Crippen LogP contribution in [0, 0.1) is 5.92 Å². The van der Waals surface area contributed by atoms with Crippen molar-refractivity contribution in [2.75, 3.05) is 26.2 Å². The Morgan fingerprint density at radius 2 is 1.97 bits per heavy atom. The molecular formula is C25H38N4O3. The molecule has 3 heterocycles. The van der Waals surface area contributed by atoms with Gasteiger partial charge >= 0.3 is 0 Å². The highest BCUT2D eigenvalue weighted by Crippen LogP contribution is 2.33. The highest BCUT2D eigenvalue weighted by molar-refractivity contribution is 6.02. The summed E-state index contributed by atoms with van der Waals surface area (Å²) in [4.78, 5) is 31.5. The lowest BCUT2D eigenvalue weighted by molar-refractivity contribution is -0.133. The van der Waals surface area contributed by atoms with E-state index < -0.39 is 5.54 Å². The molecule has 0 saturated heterocycles. The van der Waals surface area contributed by atoms with Crippen molar-refractivity contribution in [3.8, 4) is 0 Å². The number of nitrogens with zero attached hydrogens (tertiary/aromatic N) is 3. The van der Waals surface area contributed by atoms with E-state index in [1.165, 1.54) is 0 Å². The Hall–Kier alpha value is -2.28. The van der Waals surface area contributed by atoms with Crippen molar-refractivity contribution in [1.29, 1.82) is 0 Å². The Bertz CT molecular complexity index is 952. The monoisotopic (exact) mass is 442 g/mol. The molecule has 1 saturated carbocycles. The topological polar surface area (TPSA) is 70.7 Å². The lowest BCUT2D eigenvalue weighted by Gasteiger charge is -2.45. The van der Waals surface area contributed by atoms with Gasteiger partial charge in [0.15, 0.2) is 5.58 Å². The van der Waals surface area contributed by atoms with Crippen LogP contribution in [0.3, 0.4) is 0 Å². The molecule has 7 nitrogen and oxygen atoms in total. The molecule has 32 heavy (non-hydrogen) atoms. The minimum absolute atomic E-state index is 0.0377. The number of fused-ring (bicyclic) bond motifs is 3. The lowest BCUT2D eigenvalue weighted by Crippen LogP contribution is -2.65. The van der Waals surface area contributed by atoms with Gasteiger partial charge in [0.25, 0.3) is 5.91 Å². The lowest BCUT2D eigenvalue weighted by atomic mass is 9.86. The van der Waals surface area contributed by atoms with E-state index in [9.17, 15) is 9.59 Å². The minimum atomic E-state index is -0.931. The fraction of sp³-hybridized carbons (Fsp3) is 0.680. The summed E-state index contributed by atoms with van der Waals surface area (Å²) in [7, 11) is 0. The Labute approximate surface area is 191 Å². The van der Waals surface area contributed by atoms with Gasteiger partial charge in [0, 0.05) is 24.7 Å². The van der Waals surface area contributed by atoms with Crippen molar-refractivity contribution in [3.63, 3.8) is 0 Å². The van der Waals surface area contributed by atoms with E-state index in [1.54, 1.807) is 6.26 Å². The zero-order chi connectivity index (χ0) is 22.9. The van der Waals surface area contributed by atoms with E-state index in [4.69, 9.17) is 4.42 Å². The van der Waals surface area contributed by atoms with Gasteiger partial charge < -0.3 is 24.1 Å². The molecule has 1 unspecified atom stereocenters. The highest BCUT2D eigenvalue weighted by atomic mass is 16.3. The van der Waals surface area contributed by atoms with E-state index in [2.05, 4.69) is 31.0 Å². The number of aromatic nitrogens is 1. The molecule has 4 rings (SSSR count). The van der Waals surface area contributed by atoms with Crippen molar-refractivity contribution in [2.45, 2.75) is 77.9 Å². The van der Waals surface area contributed by atoms with Gasteiger partial charge in [-0.15, -0.1) is 0 Å². The van der Waals surface area contributed by atoms with Crippen LogP contribution in [-0.4, -0.2) is 63.9 Å². The van der Waals surface area contributed by atoms with Gasteiger partial charge in [-0.2, -0.15) is 0 Å². The van der Waals surface area contributed by atoms with Crippen LogP contribution in [0.4, 0.5) is 0 Å². The molecule has 0 spiro atoms. The second kappa shape index (κ2) is 9.30. The average molecular weight is 443 g/mol. The molecular weight excluding hydrogens is 404 g/mol. The van der Waals surface area contributed by atoms with Crippen LogP contribution < -0.4 is 5.32 Å².